The van der Waals surface area contributed by atoms with Crippen LogP contribution in [0.5, 0.6) is 0 Å². The summed E-state index contributed by atoms with van der Waals surface area (Å²) in [5, 5.41) is 3.02. The van der Waals surface area contributed by atoms with Crippen molar-refractivity contribution >= 4 is 27.3 Å². The normalized spacial score (nSPS) is 14.6. The maximum Gasteiger partial charge on any atom is 0.261 e. The van der Waals surface area contributed by atoms with E-state index in [-0.39, 0.29) is 10.8 Å². The molecule has 1 amide bonds. The summed E-state index contributed by atoms with van der Waals surface area (Å²) in [7, 11) is -1.52. The average Bonchev–Trinajstić information content (AvgIpc) is 2.86. The van der Waals surface area contributed by atoms with Crippen LogP contribution in [0.2, 0.25) is 0 Å². The number of nitrogens with one attached hydrogen (secondary N) is 2. The Labute approximate surface area is 202 Å². The van der Waals surface area contributed by atoms with Crippen LogP contribution in [0.4, 0.5) is 11.4 Å². The Balaban J connectivity index is 1.41. The largest absolute Gasteiger partial charge is 0.322 e. The van der Waals surface area contributed by atoms with Gasteiger partial charge in [0.25, 0.3) is 15.9 Å². The molecule has 0 atom stereocenters. The summed E-state index contributed by atoms with van der Waals surface area (Å²) < 4.78 is 27.6. The Morgan fingerprint density at radius 3 is 2.24 bits per heavy atom. The predicted octanol–water partition coefficient (Wildman–Crippen LogP) is 5.50. The van der Waals surface area contributed by atoms with E-state index in [9.17, 15) is 13.2 Å². The standard InChI is InChI=1S/C27H31N3O3S/c1-30(24-11-4-2-5-12-24)20-22-10-8-9-15-26(22)28-27(31)21-16-18-23(19-17-21)29-34(32,33)25-13-6-3-7-14-25/h3,6-10,13-19,24,29H,2,4-5,11-12,20H2,1H3,(H,28,31). The zero-order chi connectivity index (χ0) is 24.0. The molecule has 0 unspecified atom stereocenters. The summed E-state index contributed by atoms with van der Waals surface area (Å²) in [5.41, 5.74) is 2.73. The molecule has 0 bridgehead atoms. The Morgan fingerprint density at radius 2 is 1.53 bits per heavy atom. The first-order chi connectivity index (χ1) is 16.4. The summed E-state index contributed by atoms with van der Waals surface area (Å²) >= 11 is 0. The van der Waals surface area contributed by atoms with Crippen molar-refractivity contribution in [3.05, 3.63) is 90.0 Å². The molecular weight excluding hydrogens is 446 g/mol. The van der Waals surface area contributed by atoms with E-state index in [1.807, 2.05) is 18.2 Å². The number of carbonyl (C=O) groups excluding carboxylic acids is 1. The highest BCUT2D eigenvalue weighted by Gasteiger charge is 2.19. The number of anilines is 2. The highest BCUT2D eigenvalue weighted by molar-refractivity contribution is 7.92. The first kappa shape index (κ1) is 24.0. The molecule has 3 aromatic carbocycles. The minimum Gasteiger partial charge on any atom is -0.322 e. The molecule has 0 aromatic heterocycles. The third-order valence-electron chi connectivity index (χ3n) is 6.34. The molecule has 1 aliphatic rings. The maximum atomic E-state index is 12.9. The number of amides is 1. The first-order valence-corrected chi connectivity index (χ1v) is 13.2. The molecule has 0 heterocycles. The Morgan fingerprint density at radius 1 is 0.882 bits per heavy atom. The number of rotatable bonds is 8. The lowest BCUT2D eigenvalue weighted by Gasteiger charge is -2.31. The van der Waals surface area contributed by atoms with E-state index < -0.39 is 10.0 Å². The molecule has 2 N–H and O–H groups in total. The molecule has 0 radical (unpaired) electrons. The molecule has 3 aromatic rings. The molecule has 34 heavy (non-hydrogen) atoms. The van der Waals surface area contributed by atoms with Crippen molar-refractivity contribution < 1.29 is 13.2 Å². The number of para-hydroxylation sites is 1. The second-order valence-corrected chi connectivity index (χ2v) is 10.5. The van der Waals surface area contributed by atoms with Crippen molar-refractivity contribution in [1.82, 2.24) is 4.90 Å². The van der Waals surface area contributed by atoms with Gasteiger partial charge in [0.05, 0.1) is 4.90 Å². The third kappa shape index (κ3) is 6.04. The van der Waals surface area contributed by atoms with Crippen molar-refractivity contribution in [2.45, 2.75) is 49.6 Å². The number of hydrogen-bond donors (Lipinski definition) is 2. The number of nitrogens with zero attached hydrogens (tertiary/aromatic N) is 1. The van der Waals surface area contributed by atoms with Crippen molar-refractivity contribution in [3.63, 3.8) is 0 Å². The molecule has 178 valence electrons. The van der Waals surface area contributed by atoms with Crippen molar-refractivity contribution in [2.75, 3.05) is 17.1 Å². The third-order valence-corrected chi connectivity index (χ3v) is 7.73. The van der Waals surface area contributed by atoms with Crippen LogP contribution in [0.15, 0.2) is 83.8 Å². The van der Waals surface area contributed by atoms with Gasteiger partial charge in [-0.3, -0.25) is 14.4 Å². The zero-order valence-electron chi connectivity index (χ0n) is 19.4. The van der Waals surface area contributed by atoms with Crippen LogP contribution in [0.3, 0.4) is 0 Å². The maximum absolute atomic E-state index is 12.9. The van der Waals surface area contributed by atoms with Crippen LogP contribution in [-0.4, -0.2) is 32.3 Å². The van der Waals surface area contributed by atoms with Gasteiger partial charge >= 0.3 is 0 Å². The van der Waals surface area contributed by atoms with Gasteiger partial charge in [-0.05, 0) is 67.9 Å². The number of hydrogen-bond acceptors (Lipinski definition) is 4. The predicted molar refractivity (Wildman–Crippen MR) is 136 cm³/mol. The van der Waals surface area contributed by atoms with Gasteiger partial charge in [0.1, 0.15) is 0 Å². The molecule has 1 fully saturated rings. The van der Waals surface area contributed by atoms with E-state index in [0.29, 0.717) is 17.3 Å². The highest BCUT2D eigenvalue weighted by atomic mass is 32.2. The summed E-state index contributed by atoms with van der Waals surface area (Å²) in [5.74, 6) is -0.231. The number of sulfonamides is 1. The second-order valence-electron chi connectivity index (χ2n) is 8.81. The second kappa shape index (κ2) is 10.8. The number of benzene rings is 3. The number of carbonyl (C=O) groups is 1. The van der Waals surface area contributed by atoms with Gasteiger partial charge in [-0.15, -0.1) is 0 Å². The summed E-state index contributed by atoms with van der Waals surface area (Å²) in [6, 6.07) is 23.1. The van der Waals surface area contributed by atoms with E-state index in [4.69, 9.17) is 0 Å². The Bertz CT molecular complexity index is 1210. The van der Waals surface area contributed by atoms with Gasteiger partial charge in [0.2, 0.25) is 0 Å². The minimum absolute atomic E-state index is 0.187. The lowest BCUT2D eigenvalue weighted by molar-refractivity contribution is 0.102. The van der Waals surface area contributed by atoms with Crippen LogP contribution in [-0.2, 0) is 16.6 Å². The summed E-state index contributed by atoms with van der Waals surface area (Å²) in [4.78, 5) is 15.5. The first-order valence-electron chi connectivity index (χ1n) is 11.7. The molecule has 4 rings (SSSR count). The minimum atomic E-state index is -3.68. The Hall–Kier alpha value is -3.16. The van der Waals surface area contributed by atoms with Crippen LogP contribution < -0.4 is 10.0 Å². The van der Waals surface area contributed by atoms with Crippen LogP contribution in [0.1, 0.15) is 48.0 Å². The van der Waals surface area contributed by atoms with Crippen LogP contribution in [0, 0.1) is 0 Å². The fourth-order valence-electron chi connectivity index (χ4n) is 4.40. The Kier molecular flexibility index (Phi) is 7.65. The van der Waals surface area contributed by atoms with Gasteiger partial charge < -0.3 is 5.32 Å². The highest BCUT2D eigenvalue weighted by Crippen LogP contribution is 2.25. The smallest absolute Gasteiger partial charge is 0.261 e. The van der Waals surface area contributed by atoms with Gasteiger partial charge in [-0.25, -0.2) is 8.42 Å². The van der Waals surface area contributed by atoms with Gasteiger partial charge in [0.15, 0.2) is 0 Å². The van der Waals surface area contributed by atoms with E-state index in [2.05, 4.69) is 28.1 Å². The SMILES string of the molecule is CN(Cc1ccccc1NC(=O)c1ccc(NS(=O)(=O)c2ccccc2)cc1)C1CCCCC1. The van der Waals surface area contributed by atoms with E-state index in [0.717, 1.165) is 17.8 Å². The quantitative estimate of drug-likeness (QED) is 0.449. The monoisotopic (exact) mass is 477 g/mol. The van der Waals surface area contributed by atoms with Gasteiger partial charge in [0, 0.05) is 29.5 Å². The lowest BCUT2D eigenvalue weighted by Crippen LogP contribution is -2.33. The van der Waals surface area contributed by atoms with Crippen molar-refractivity contribution in [1.29, 1.82) is 0 Å². The zero-order valence-corrected chi connectivity index (χ0v) is 20.2. The topological polar surface area (TPSA) is 78.5 Å². The van der Waals surface area contributed by atoms with Crippen LogP contribution in [0.25, 0.3) is 0 Å². The fourth-order valence-corrected chi connectivity index (χ4v) is 5.48. The molecule has 6 nitrogen and oxygen atoms in total. The molecule has 0 spiro atoms. The molecule has 1 saturated carbocycles. The lowest BCUT2D eigenvalue weighted by atomic mass is 9.94. The van der Waals surface area contributed by atoms with Gasteiger partial charge in [-0.1, -0.05) is 55.7 Å². The molecule has 0 aliphatic heterocycles. The molecule has 7 heteroatoms. The van der Waals surface area contributed by atoms with Crippen LogP contribution >= 0.6 is 0 Å². The van der Waals surface area contributed by atoms with Crippen molar-refractivity contribution in [3.8, 4) is 0 Å². The van der Waals surface area contributed by atoms with Crippen molar-refractivity contribution in [2.24, 2.45) is 0 Å². The summed E-state index contributed by atoms with van der Waals surface area (Å²) in [6.07, 6.45) is 6.34. The van der Waals surface area contributed by atoms with E-state index in [1.54, 1.807) is 42.5 Å². The van der Waals surface area contributed by atoms with Gasteiger partial charge in [-0.2, -0.15) is 0 Å². The summed E-state index contributed by atoms with van der Waals surface area (Å²) in [6.45, 7) is 0.779. The fraction of sp³-hybridized carbons (Fsp3) is 0.296. The molecule has 1 aliphatic carbocycles. The average molecular weight is 478 g/mol. The van der Waals surface area contributed by atoms with E-state index >= 15 is 0 Å². The molecule has 0 saturated heterocycles. The molecular formula is C27H31N3O3S. The van der Waals surface area contributed by atoms with E-state index in [1.165, 1.54) is 44.2 Å².